The van der Waals surface area contributed by atoms with Gasteiger partial charge in [0.2, 0.25) is 5.78 Å². The topological polar surface area (TPSA) is 80.3 Å². The Labute approximate surface area is 99.9 Å². The molecule has 0 spiro atoms. The van der Waals surface area contributed by atoms with Crippen molar-refractivity contribution in [2.45, 2.75) is 19.1 Å². The molecule has 7 heteroatoms. The first-order chi connectivity index (χ1) is 8.08. The lowest BCUT2D eigenvalue weighted by molar-refractivity contribution is -0.276. The lowest BCUT2D eigenvalue weighted by atomic mass is 10.1. The summed E-state index contributed by atoms with van der Waals surface area (Å²) in [4.78, 5) is 23.4. The summed E-state index contributed by atoms with van der Waals surface area (Å²) in [7, 11) is 3.84. The van der Waals surface area contributed by atoms with E-state index in [0.717, 1.165) is 7.11 Å². The van der Waals surface area contributed by atoms with Crippen LogP contribution in [0.15, 0.2) is 0 Å². The Balaban J connectivity index is 5.04. The van der Waals surface area contributed by atoms with Gasteiger partial charge in [0.15, 0.2) is 13.6 Å². The zero-order valence-electron chi connectivity index (χ0n) is 10.5. The predicted molar refractivity (Wildman–Crippen MR) is 56.0 cm³/mol. The highest BCUT2D eigenvalue weighted by molar-refractivity contribution is 6.05. The van der Waals surface area contributed by atoms with Gasteiger partial charge in [-0.05, 0) is 0 Å². The van der Waals surface area contributed by atoms with E-state index in [-0.39, 0.29) is 20.0 Å². The number of ketones is 1. The summed E-state index contributed by atoms with van der Waals surface area (Å²) in [5, 5.41) is 0. The fraction of sp³-hybridized carbons (Fsp3) is 0.800. The van der Waals surface area contributed by atoms with Crippen LogP contribution in [0.4, 0.5) is 0 Å². The molecule has 0 unspecified atom stereocenters. The fourth-order valence-corrected chi connectivity index (χ4v) is 1.09. The van der Waals surface area contributed by atoms with E-state index in [0.29, 0.717) is 0 Å². The lowest BCUT2D eigenvalue weighted by Gasteiger charge is -2.28. The maximum atomic E-state index is 11.8. The van der Waals surface area contributed by atoms with E-state index in [1.165, 1.54) is 14.2 Å². The van der Waals surface area contributed by atoms with Gasteiger partial charge in [0.25, 0.3) is 0 Å². The Hall–Kier alpha value is -1.02. The third-order valence-corrected chi connectivity index (χ3v) is 1.90. The van der Waals surface area contributed by atoms with Crippen molar-refractivity contribution in [2.75, 3.05) is 34.9 Å². The lowest BCUT2D eigenvalue weighted by Crippen LogP contribution is -2.52. The van der Waals surface area contributed by atoms with Crippen LogP contribution in [0.5, 0.6) is 0 Å². The maximum absolute atomic E-state index is 11.8. The molecule has 0 aliphatic carbocycles. The van der Waals surface area contributed by atoms with Crippen molar-refractivity contribution < 1.29 is 33.3 Å². The number of ether oxygens (including phenoxy) is 5. The summed E-state index contributed by atoms with van der Waals surface area (Å²) < 4.78 is 23.9. The van der Waals surface area contributed by atoms with Crippen molar-refractivity contribution in [3.05, 3.63) is 0 Å². The first-order valence-corrected chi connectivity index (χ1v) is 4.96. The van der Waals surface area contributed by atoms with Gasteiger partial charge in [-0.25, -0.2) is 4.79 Å². The SMILES string of the molecule is CCC(=O)C(OCOC)(OCOC)C(=O)OC. The van der Waals surface area contributed by atoms with E-state index < -0.39 is 17.5 Å². The molecule has 7 nitrogen and oxygen atoms in total. The minimum atomic E-state index is -2.13. The van der Waals surface area contributed by atoms with Crippen molar-refractivity contribution in [3.63, 3.8) is 0 Å². The Morgan fingerprint density at radius 2 is 1.47 bits per heavy atom. The maximum Gasteiger partial charge on any atom is 0.375 e. The minimum Gasteiger partial charge on any atom is -0.465 e. The second-order valence-corrected chi connectivity index (χ2v) is 2.99. The molecular weight excluding hydrogens is 232 g/mol. The van der Waals surface area contributed by atoms with Crippen molar-refractivity contribution in [3.8, 4) is 0 Å². The molecule has 0 radical (unpaired) electrons. The molecule has 0 saturated carbocycles. The molecule has 0 fully saturated rings. The molecule has 0 rings (SSSR count). The highest BCUT2D eigenvalue weighted by Crippen LogP contribution is 2.19. The summed E-state index contributed by atoms with van der Waals surface area (Å²) in [6.45, 7) is 1.00. The zero-order valence-corrected chi connectivity index (χ0v) is 10.5. The molecule has 0 amide bonds. The predicted octanol–water partition coefficient (Wildman–Crippen LogP) is 0.0758. The molecule has 0 aromatic carbocycles. The molecule has 17 heavy (non-hydrogen) atoms. The molecule has 0 aliphatic rings. The summed E-state index contributed by atoms with van der Waals surface area (Å²) in [5.74, 6) is -3.65. The van der Waals surface area contributed by atoms with E-state index in [1.54, 1.807) is 6.92 Å². The van der Waals surface area contributed by atoms with Gasteiger partial charge in [0.05, 0.1) is 7.11 Å². The molecule has 0 bridgehead atoms. The first-order valence-electron chi connectivity index (χ1n) is 4.96. The minimum absolute atomic E-state index is 0.0442. The zero-order chi connectivity index (χ0) is 13.3. The van der Waals surface area contributed by atoms with E-state index in [1.807, 2.05) is 0 Å². The number of carbonyl (C=O) groups excluding carboxylic acids is 2. The van der Waals surface area contributed by atoms with Crippen molar-refractivity contribution in [2.24, 2.45) is 0 Å². The molecule has 0 aromatic rings. The highest BCUT2D eigenvalue weighted by Gasteiger charge is 2.49. The quantitative estimate of drug-likeness (QED) is 0.325. The van der Waals surface area contributed by atoms with Crippen LogP contribution >= 0.6 is 0 Å². The third kappa shape index (κ3) is 4.04. The summed E-state index contributed by atoms with van der Waals surface area (Å²) >= 11 is 0. The van der Waals surface area contributed by atoms with E-state index in [4.69, 9.17) is 9.47 Å². The van der Waals surface area contributed by atoms with Crippen molar-refractivity contribution in [1.29, 1.82) is 0 Å². The fourth-order valence-electron chi connectivity index (χ4n) is 1.09. The Morgan fingerprint density at radius 1 is 1.00 bits per heavy atom. The monoisotopic (exact) mass is 250 g/mol. The van der Waals surface area contributed by atoms with Crippen molar-refractivity contribution >= 4 is 11.8 Å². The number of esters is 1. The van der Waals surface area contributed by atoms with Crippen LogP contribution in [0.3, 0.4) is 0 Å². The average molecular weight is 250 g/mol. The van der Waals surface area contributed by atoms with Gasteiger partial charge in [0.1, 0.15) is 0 Å². The number of Topliss-reactive ketones (excluding diaryl/α,β-unsaturated/α-hetero) is 1. The summed E-state index contributed by atoms with van der Waals surface area (Å²) in [6, 6.07) is 0. The van der Waals surface area contributed by atoms with Crippen LogP contribution in [0, 0.1) is 0 Å². The van der Waals surface area contributed by atoms with Gasteiger partial charge in [-0.1, -0.05) is 6.92 Å². The van der Waals surface area contributed by atoms with Gasteiger partial charge in [0, 0.05) is 20.6 Å². The normalized spacial score (nSPS) is 11.3. The number of methoxy groups -OCH3 is 3. The van der Waals surface area contributed by atoms with E-state index in [9.17, 15) is 9.59 Å². The van der Waals surface area contributed by atoms with Gasteiger partial charge in [-0.3, -0.25) is 4.79 Å². The first kappa shape index (κ1) is 16.0. The second-order valence-electron chi connectivity index (χ2n) is 2.99. The summed E-state index contributed by atoms with van der Waals surface area (Å²) in [6.07, 6.45) is 0.0442. The molecule has 0 atom stereocenters. The van der Waals surface area contributed by atoms with E-state index in [2.05, 4.69) is 14.2 Å². The molecule has 100 valence electrons. The number of hydrogen-bond donors (Lipinski definition) is 0. The van der Waals surface area contributed by atoms with Gasteiger partial charge in [-0.15, -0.1) is 0 Å². The smallest absolute Gasteiger partial charge is 0.375 e. The van der Waals surface area contributed by atoms with Gasteiger partial charge < -0.3 is 23.7 Å². The van der Waals surface area contributed by atoms with E-state index >= 15 is 0 Å². The van der Waals surface area contributed by atoms with Gasteiger partial charge in [-0.2, -0.15) is 0 Å². The van der Waals surface area contributed by atoms with Crippen molar-refractivity contribution in [1.82, 2.24) is 0 Å². The summed E-state index contributed by atoms with van der Waals surface area (Å²) in [5.41, 5.74) is 0. The van der Waals surface area contributed by atoms with Crippen LogP contribution in [0.1, 0.15) is 13.3 Å². The number of hydrogen-bond acceptors (Lipinski definition) is 7. The standard InChI is InChI=1S/C10H18O7/c1-5-8(11)10(9(12)15-4,16-6-13-2)17-7-14-3/h5-7H2,1-4H3. The van der Waals surface area contributed by atoms with Crippen LogP contribution in [0.2, 0.25) is 0 Å². The van der Waals surface area contributed by atoms with Gasteiger partial charge >= 0.3 is 11.8 Å². The molecule has 0 aliphatic heterocycles. The second kappa shape index (κ2) is 8.13. The van der Waals surface area contributed by atoms with Crippen LogP contribution in [-0.4, -0.2) is 52.5 Å². The van der Waals surface area contributed by atoms with Crippen LogP contribution < -0.4 is 0 Å². The molecule has 0 saturated heterocycles. The molecule has 0 aromatic heterocycles. The Morgan fingerprint density at radius 3 is 1.76 bits per heavy atom. The van der Waals surface area contributed by atoms with Crippen LogP contribution in [-0.2, 0) is 33.3 Å². The van der Waals surface area contributed by atoms with Crippen LogP contribution in [0.25, 0.3) is 0 Å². The Kier molecular flexibility index (Phi) is 7.64. The largest absolute Gasteiger partial charge is 0.465 e. The number of rotatable bonds is 9. The Bertz CT molecular complexity index is 225. The average Bonchev–Trinajstić information content (AvgIpc) is 2.37. The highest BCUT2D eigenvalue weighted by atomic mass is 16.8. The molecule has 0 N–H and O–H groups in total. The number of carbonyl (C=O) groups is 2. The molecule has 0 heterocycles. The molecular formula is C10H18O7. The third-order valence-electron chi connectivity index (χ3n) is 1.90.